The van der Waals surface area contributed by atoms with E-state index in [9.17, 15) is 13.6 Å². The average molecular weight is 319 g/mol. The van der Waals surface area contributed by atoms with Crippen LogP contribution in [-0.4, -0.2) is 22.1 Å². The molecule has 0 aliphatic carbocycles. The molecule has 4 rings (SSSR count). The molecule has 0 N–H and O–H groups in total. The van der Waals surface area contributed by atoms with Gasteiger partial charge in [-0.1, -0.05) is 0 Å². The quantitative estimate of drug-likeness (QED) is 0.869. The Morgan fingerprint density at radius 2 is 2.17 bits per heavy atom. The fourth-order valence-electron chi connectivity index (χ4n) is 3.29. The lowest BCUT2D eigenvalue weighted by Crippen LogP contribution is -2.24. The van der Waals surface area contributed by atoms with Crippen LogP contribution in [0.2, 0.25) is 0 Å². The summed E-state index contributed by atoms with van der Waals surface area (Å²) in [6.07, 6.45) is 2.18. The standard InChI is InChI=1S/C16H15F2N3O2/c17-11-4-3-10(13(18)6-11)9-23-14-7-15-20-5-1-2-12(20)8-21(15)16(22)19-14/h3-4,6-7,12H,1-2,5,8-9H2/t12-/m1/s1. The molecule has 0 saturated carbocycles. The van der Waals surface area contributed by atoms with Crippen molar-refractivity contribution in [3.8, 4) is 5.88 Å². The first kappa shape index (κ1) is 14.2. The van der Waals surface area contributed by atoms with Crippen LogP contribution < -0.4 is 15.3 Å². The van der Waals surface area contributed by atoms with Crippen LogP contribution in [0.15, 0.2) is 29.1 Å². The second-order valence-electron chi connectivity index (χ2n) is 5.86. The number of hydrogen-bond acceptors (Lipinski definition) is 4. The molecule has 2 aliphatic heterocycles. The monoisotopic (exact) mass is 319 g/mol. The van der Waals surface area contributed by atoms with E-state index in [4.69, 9.17) is 4.74 Å². The molecule has 3 heterocycles. The van der Waals surface area contributed by atoms with E-state index in [2.05, 4.69) is 9.88 Å². The SMILES string of the molecule is O=c1nc(OCc2ccc(F)cc2F)cc2n1C[C@H]1CCCN21. The number of hydrogen-bond donors (Lipinski definition) is 0. The molecule has 0 bridgehead atoms. The molecule has 0 radical (unpaired) electrons. The van der Waals surface area contributed by atoms with Crippen molar-refractivity contribution in [2.75, 3.05) is 11.4 Å². The predicted molar refractivity (Wildman–Crippen MR) is 79.6 cm³/mol. The number of halogens is 2. The zero-order valence-electron chi connectivity index (χ0n) is 12.3. The van der Waals surface area contributed by atoms with Crippen LogP contribution in [0, 0.1) is 11.6 Å². The summed E-state index contributed by atoms with van der Waals surface area (Å²) in [7, 11) is 0. The second-order valence-corrected chi connectivity index (χ2v) is 5.86. The van der Waals surface area contributed by atoms with Gasteiger partial charge in [-0.25, -0.2) is 13.6 Å². The van der Waals surface area contributed by atoms with E-state index in [0.29, 0.717) is 12.6 Å². The summed E-state index contributed by atoms with van der Waals surface area (Å²) in [6, 6.07) is 5.37. The van der Waals surface area contributed by atoms with Crippen molar-refractivity contribution in [3.05, 3.63) is 51.9 Å². The normalized spacial score (nSPS) is 18.9. The Labute approximate surface area is 131 Å². The molecule has 23 heavy (non-hydrogen) atoms. The van der Waals surface area contributed by atoms with Gasteiger partial charge in [-0.3, -0.25) is 4.57 Å². The highest BCUT2D eigenvalue weighted by molar-refractivity contribution is 5.48. The number of ether oxygens (including phenoxy) is 1. The molecule has 0 amide bonds. The fourth-order valence-corrected chi connectivity index (χ4v) is 3.29. The van der Waals surface area contributed by atoms with Crippen LogP contribution >= 0.6 is 0 Å². The van der Waals surface area contributed by atoms with Crippen LogP contribution in [0.5, 0.6) is 5.88 Å². The largest absolute Gasteiger partial charge is 0.472 e. The van der Waals surface area contributed by atoms with E-state index < -0.39 is 11.6 Å². The summed E-state index contributed by atoms with van der Waals surface area (Å²) in [6.45, 7) is 1.47. The molecular formula is C16H15F2N3O2. The van der Waals surface area contributed by atoms with E-state index in [1.54, 1.807) is 10.6 Å². The lowest BCUT2D eigenvalue weighted by molar-refractivity contribution is 0.285. The van der Waals surface area contributed by atoms with E-state index in [1.165, 1.54) is 12.1 Å². The Morgan fingerprint density at radius 3 is 3.00 bits per heavy atom. The van der Waals surface area contributed by atoms with Crippen molar-refractivity contribution >= 4 is 5.82 Å². The Kier molecular flexibility index (Phi) is 3.28. The molecule has 0 unspecified atom stereocenters. The third kappa shape index (κ3) is 2.46. The van der Waals surface area contributed by atoms with Gasteiger partial charge in [0.05, 0.1) is 0 Å². The first-order valence-electron chi connectivity index (χ1n) is 7.57. The van der Waals surface area contributed by atoms with Crippen molar-refractivity contribution in [2.24, 2.45) is 0 Å². The van der Waals surface area contributed by atoms with E-state index >= 15 is 0 Å². The summed E-state index contributed by atoms with van der Waals surface area (Å²) >= 11 is 0. The Morgan fingerprint density at radius 1 is 1.30 bits per heavy atom. The number of aromatic nitrogens is 2. The Balaban J connectivity index is 1.57. The van der Waals surface area contributed by atoms with E-state index in [0.717, 1.165) is 31.3 Å². The van der Waals surface area contributed by atoms with Crippen molar-refractivity contribution < 1.29 is 13.5 Å². The van der Waals surface area contributed by atoms with Crippen molar-refractivity contribution in [3.63, 3.8) is 0 Å². The molecular weight excluding hydrogens is 304 g/mol. The van der Waals surface area contributed by atoms with Gasteiger partial charge in [0.25, 0.3) is 0 Å². The minimum Gasteiger partial charge on any atom is -0.472 e. The van der Waals surface area contributed by atoms with E-state index in [-0.39, 0.29) is 23.7 Å². The summed E-state index contributed by atoms with van der Waals surface area (Å²) in [4.78, 5) is 18.2. The van der Waals surface area contributed by atoms with Gasteiger partial charge in [0.2, 0.25) is 5.88 Å². The zero-order chi connectivity index (χ0) is 16.0. The maximum Gasteiger partial charge on any atom is 0.352 e. The van der Waals surface area contributed by atoms with Crippen molar-refractivity contribution in [2.45, 2.75) is 32.0 Å². The molecule has 0 spiro atoms. The number of rotatable bonds is 3. The molecule has 1 aromatic carbocycles. The fraction of sp³-hybridized carbons (Fsp3) is 0.375. The summed E-state index contributed by atoms with van der Waals surface area (Å²) in [5, 5.41) is 0. The third-order valence-electron chi connectivity index (χ3n) is 4.42. The molecule has 1 atom stereocenters. The Hall–Kier alpha value is -2.44. The molecule has 5 nitrogen and oxygen atoms in total. The maximum absolute atomic E-state index is 13.6. The first-order chi connectivity index (χ1) is 11.1. The van der Waals surface area contributed by atoms with Gasteiger partial charge in [0, 0.05) is 36.8 Å². The number of fused-ring (bicyclic) bond motifs is 3. The molecule has 2 aromatic rings. The highest BCUT2D eigenvalue weighted by atomic mass is 19.1. The lowest BCUT2D eigenvalue weighted by Gasteiger charge is -2.17. The van der Waals surface area contributed by atoms with Crippen LogP contribution in [0.4, 0.5) is 14.6 Å². The van der Waals surface area contributed by atoms with Crippen LogP contribution in [0.25, 0.3) is 0 Å². The summed E-state index contributed by atoms with van der Waals surface area (Å²) < 4.78 is 33.6. The van der Waals surface area contributed by atoms with Crippen LogP contribution in [0.3, 0.4) is 0 Å². The Bertz CT molecular complexity index is 821. The molecule has 120 valence electrons. The van der Waals surface area contributed by atoms with Gasteiger partial charge >= 0.3 is 5.69 Å². The van der Waals surface area contributed by atoms with E-state index in [1.807, 2.05) is 0 Å². The van der Waals surface area contributed by atoms with Gasteiger partial charge in [-0.2, -0.15) is 4.98 Å². The molecule has 1 fully saturated rings. The van der Waals surface area contributed by atoms with Gasteiger partial charge < -0.3 is 9.64 Å². The minimum absolute atomic E-state index is 0.106. The molecule has 2 aliphatic rings. The van der Waals surface area contributed by atoms with Crippen LogP contribution in [0.1, 0.15) is 18.4 Å². The first-order valence-corrected chi connectivity index (χ1v) is 7.57. The number of anilines is 1. The molecule has 1 saturated heterocycles. The highest BCUT2D eigenvalue weighted by Crippen LogP contribution is 2.32. The predicted octanol–water partition coefficient (Wildman–Crippen LogP) is 2.08. The number of nitrogens with zero attached hydrogens (tertiary/aromatic N) is 3. The van der Waals surface area contributed by atoms with Crippen molar-refractivity contribution in [1.82, 2.24) is 9.55 Å². The average Bonchev–Trinajstić information content (AvgIpc) is 3.08. The lowest BCUT2D eigenvalue weighted by atomic mass is 10.2. The molecule has 1 aromatic heterocycles. The van der Waals surface area contributed by atoms with Gasteiger partial charge in [0.1, 0.15) is 24.1 Å². The topological polar surface area (TPSA) is 47.4 Å². The zero-order valence-corrected chi connectivity index (χ0v) is 12.3. The minimum atomic E-state index is -0.678. The number of benzene rings is 1. The summed E-state index contributed by atoms with van der Waals surface area (Å²) in [5.74, 6) is -0.345. The van der Waals surface area contributed by atoms with Gasteiger partial charge in [0.15, 0.2) is 0 Å². The molecule has 7 heteroatoms. The summed E-state index contributed by atoms with van der Waals surface area (Å²) in [5.41, 5.74) is -0.140. The highest BCUT2D eigenvalue weighted by Gasteiger charge is 2.34. The van der Waals surface area contributed by atoms with Crippen molar-refractivity contribution in [1.29, 1.82) is 0 Å². The maximum atomic E-state index is 13.6. The third-order valence-corrected chi connectivity index (χ3v) is 4.42. The van der Waals surface area contributed by atoms with Gasteiger partial charge in [-0.05, 0) is 25.0 Å². The van der Waals surface area contributed by atoms with Gasteiger partial charge in [-0.15, -0.1) is 0 Å². The second kappa shape index (κ2) is 5.33. The smallest absolute Gasteiger partial charge is 0.352 e. The van der Waals surface area contributed by atoms with Crippen LogP contribution in [-0.2, 0) is 13.2 Å².